The van der Waals surface area contributed by atoms with Gasteiger partial charge in [0.05, 0.1) is 12.5 Å². The van der Waals surface area contributed by atoms with Gasteiger partial charge in [0, 0.05) is 12.1 Å². The van der Waals surface area contributed by atoms with Gasteiger partial charge in [-0.2, -0.15) is 0 Å². The summed E-state index contributed by atoms with van der Waals surface area (Å²) in [6.07, 6.45) is 3.14. The summed E-state index contributed by atoms with van der Waals surface area (Å²) in [7, 11) is 0. The maximum Gasteiger partial charge on any atom is 0.309 e. The molecule has 0 aliphatic heterocycles. The third-order valence-electron chi connectivity index (χ3n) is 3.33. The molecule has 0 radical (unpaired) electrons. The van der Waals surface area contributed by atoms with Gasteiger partial charge in [-0.3, -0.25) is 4.79 Å². The van der Waals surface area contributed by atoms with Gasteiger partial charge in [-0.1, -0.05) is 20.8 Å². The van der Waals surface area contributed by atoms with E-state index >= 15 is 0 Å². The third-order valence-corrected chi connectivity index (χ3v) is 3.33. The van der Waals surface area contributed by atoms with E-state index in [9.17, 15) is 4.79 Å². The molecule has 0 amide bonds. The number of esters is 1. The zero-order chi connectivity index (χ0) is 12.1. The third kappa shape index (κ3) is 3.78. The lowest BCUT2D eigenvalue weighted by Gasteiger charge is -2.34. The van der Waals surface area contributed by atoms with Crippen LogP contribution in [0.5, 0.6) is 0 Å². The number of hydrogen-bond donors (Lipinski definition) is 1. The molecule has 3 heteroatoms. The van der Waals surface area contributed by atoms with Crippen molar-refractivity contribution in [3.05, 3.63) is 0 Å². The first-order chi connectivity index (χ1) is 7.54. The largest absolute Gasteiger partial charge is 0.466 e. The minimum absolute atomic E-state index is 0.00185. The van der Waals surface area contributed by atoms with Gasteiger partial charge < -0.3 is 10.1 Å². The Bertz CT molecular complexity index is 228. The van der Waals surface area contributed by atoms with Crippen LogP contribution in [0.1, 0.15) is 47.0 Å². The molecule has 1 fully saturated rings. The van der Waals surface area contributed by atoms with Crippen molar-refractivity contribution in [1.82, 2.24) is 5.32 Å². The molecule has 0 spiro atoms. The normalized spacial score (nSPS) is 30.4. The molecule has 1 saturated carbocycles. The van der Waals surface area contributed by atoms with E-state index in [2.05, 4.69) is 26.1 Å². The lowest BCUT2D eigenvalue weighted by molar-refractivity contribution is -0.151. The first-order valence-electron chi connectivity index (χ1n) is 6.47. The molecule has 1 N–H and O–H groups in total. The van der Waals surface area contributed by atoms with E-state index < -0.39 is 0 Å². The summed E-state index contributed by atoms with van der Waals surface area (Å²) in [5.74, 6) is 0.548. The summed E-state index contributed by atoms with van der Waals surface area (Å²) in [6.45, 7) is 8.87. The summed E-state index contributed by atoms with van der Waals surface area (Å²) >= 11 is 0. The molecule has 1 rings (SSSR count). The van der Waals surface area contributed by atoms with Crippen LogP contribution in [0.2, 0.25) is 0 Å². The highest BCUT2D eigenvalue weighted by atomic mass is 16.5. The average molecular weight is 227 g/mol. The second kappa shape index (κ2) is 6.24. The molecular weight excluding hydrogens is 202 g/mol. The summed E-state index contributed by atoms with van der Waals surface area (Å²) in [6, 6.07) is 1.09. The summed E-state index contributed by atoms with van der Waals surface area (Å²) < 4.78 is 5.11. The fourth-order valence-corrected chi connectivity index (χ4v) is 2.62. The molecule has 1 aliphatic carbocycles. The van der Waals surface area contributed by atoms with Crippen LogP contribution in [-0.2, 0) is 9.53 Å². The monoisotopic (exact) mass is 227 g/mol. The Morgan fingerprint density at radius 2 is 2.12 bits per heavy atom. The van der Waals surface area contributed by atoms with E-state index in [1.807, 2.05) is 6.92 Å². The van der Waals surface area contributed by atoms with Crippen molar-refractivity contribution >= 4 is 5.97 Å². The molecule has 3 unspecified atom stereocenters. The topological polar surface area (TPSA) is 38.3 Å². The fourth-order valence-electron chi connectivity index (χ4n) is 2.62. The SMILES string of the molecule is CCOC(=O)C1CCC(NC(C)C)CC1C. The molecule has 0 aromatic carbocycles. The van der Waals surface area contributed by atoms with Crippen LogP contribution in [0.3, 0.4) is 0 Å². The van der Waals surface area contributed by atoms with Gasteiger partial charge in [0.2, 0.25) is 0 Å². The van der Waals surface area contributed by atoms with Gasteiger partial charge in [0.25, 0.3) is 0 Å². The van der Waals surface area contributed by atoms with Crippen LogP contribution in [-0.4, -0.2) is 24.7 Å². The molecule has 94 valence electrons. The van der Waals surface area contributed by atoms with E-state index in [0.29, 0.717) is 24.6 Å². The molecule has 3 nitrogen and oxygen atoms in total. The van der Waals surface area contributed by atoms with Crippen molar-refractivity contribution in [3.63, 3.8) is 0 Å². The number of carbonyl (C=O) groups excluding carboxylic acids is 1. The van der Waals surface area contributed by atoms with Crippen LogP contribution in [0.15, 0.2) is 0 Å². The first kappa shape index (κ1) is 13.5. The van der Waals surface area contributed by atoms with Crippen molar-refractivity contribution in [2.75, 3.05) is 6.61 Å². The second-order valence-corrected chi connectivity index (χ2v) is 5.17. The van der Waals surface area contributed by atoms with Gasteiger partial charge in [-0.25, -0.2) is 0 Å². The van der Waals surface area contributed by atoms with Gasteiger partial charge in [0.15, 0.2) is 0 Å². The van der Waals surface area contributed by atoms with Crippen LogP contribution in [0, 0.1) is 11.8 Å². The summed E-state index contributed by atoms with van der Waals surface area (Å²) in [5, 5.41) is 3.55. The summed E-state index contributed by atoms with van der Waals surface area (Å²) in [4.78, 5) is 11.7. The second-order valence-electron chi connectivity index (χ2n) is 5.17. The van der Waals surface area contributed by atoms with E-state index in [4.69, 9.17) is 4.74 Å². The quantitative estimate of drug-likeness (QED) is 0.749. The Morgan fingerprint density at radius 1 is 1.44 bits per heavy atom. The molecule has 0 aromatic rings. The minimum atomic E-state index is -0.00185. The van der Waals surface area contributed by atoms with Gasteiger partial charge >= 0.3 is 5.97 Å². The van der Waals surface area contributed by atoms with E-state index in [0.717, 1.165) is 19.3 Å². The van der Waals surface area contributed by atoms with Gasteiger partial charge in [-0.15, -0.1) is 0 Å². The maximum absolute atomic E-state index is 11.7. The van der Waals surface area contributed by atoms with Crippen molar-refractivity contribution in [1.29, 1.82) is 0 Å². The molecule has 0 aromatic heterocycles. The minimum Gasteiger partial charge on any atom is -0.466 e. The number of ether oxygens (including phenoxy) is 1. The zero-order valence-corrected chi connectivity index (χ0v) is 11.0. The molecule has 16 heavy (non-hydrogen) atoms. The lowest BCUT2D eigenvalue weighted by Crippen LogP contribution is -2.42. The number of carbonyl (C=O) groups is 1. The Balaban J connectivity index is 2.42. The molecule has 0 saturated heterocycles. The van der Waals surface area contributed by atoms with Crippen molar-refractivity contribution in [2.24, 2.45) is 11.8 Å². The van der Waals surface area contributed by atoms with Crippen LogP contribution in [0.4, 0.5) is 0 Å². The van der Waals surface area contributed by atoms with Crippen molar-refractivity contribution in [2.45, 2.75) is 59.0 Å². The smallest absolute Gasteiger partial charge is 0.309 e. The average Bonchev–Trinajstić information content (AvgIpc) is 2.16. The highest BCUT2D eigenvalue weighted by molar-refractivity contribution is 5.72. The Labute approximate surface area is 98.9 Å². The maximum atomic E-state index is 11.7. The molecule has 1 aliphatic rings. The van der Waals surface area contributed by atoms with Crippen molar-refractivity contribution < 1.29 is 9.53 Å². The first-order valence-corrected chi connectivity index (χ1v) is 6.47. The molecular formula is C13H25NO2. The lowest BCUT2D eigenvalue weighted by atomic mass is 9.78. The van der Waals surface area contributed by atoms with Crippen molar-refractivity contribution in [3.8, 4) is 0 Å². The Kier molecular flexibility index (Phi) is 5.26. The zero-order valence-electron chi connectivity index (χ0n) is 11.0. The standard InChI is InChI=1S/C13H25NO2/c1-5-16-13(15)12-7-6-11(8-10(12)4)14-9(2)3/h9-12,14H,5-8H2,1-4H3. The molecule has 0 heterocycles. The summed E-state index contributed by atoms with van der Waals surface area (Å²) in [5.41, 5.74) is 0. The van der Waals surface area contributed by atoms with Crippen LogP contribution >= 0.6 is 0 Å². The highest BCUT2D eigenvalue weighted by Gasteiger charge is 2.33. The fraction of sp³-hybridized carbons (Fsp3) is 0.923. The Hall–Kier alpha value is -0.570. The Morgan fingerprint density at radius 3 is 2.62 bits per heavy atom. The van der Waals surface area contributed by atoms with E-state index in [1.165, 1.54) is 0 Å². The molecule has 0 bridgehead atoms. The van der Waals surface area contributed by atoms with Crippen LogP contribution < -0.4 is 5.32 Å². The van der Waals surface area contributed by atoms with E-state index in [-0.39, 0.29) is 11.9 Å². The number of rotatable bonds is 4. The number of nitrogens with one attached hydrogen (secondary N) is 1. The van der Waals surface area contributed by atoms with Gasteiger partial charge in [-0.05, 0) is 32.1 Å². The van der Waals surface area contributed by atoms with Crippen LogP contribution in [0.25, 0.3) is 0 Å². The van der Waals surface area contributed by atoms with E-state index in [1.54, 1.807) is 0 Å². The predicted molar refractivity (Wildman–Crippen MR) is 65.2 cm³/mol. The number of hydrogen-bond acceptors (Lipinski definition) is 3. The highest BCUT2D eigenvalue weighted by Crippen LogP contribution is 2.31. The molecule has 3 atom stereocenters. The van der Waals surface area contributed by atoms with Gasteiger partial charge in [0.1, 0.15) is 0 Å². The predicted octanol–water partition coefficient (Wildman–Crippen LogP) is 2.35.